The first kappa shape index (κ1) is 13.9. The predicted octanol–water partition coefficient (Wildman–Crippen LogP) is 3.08. The number of aromatic carboxylic acids is 1. The predicted molar refractivity (Wildman–Crippen MR) is 83.5 cm³/mol. The molecule has 2 N–H and O–H groups in total. The maximum absolute atomic E-state index is 11.3. The van der Waals surface area contributed by atoms with Gasteiger partial charge in [-0.1, -0.05) is 6.07 Å². The molecule has 0 radical (unpaired) electrons. The molecule has 0 aliphatic rings. The van der Waals surface area contributed by atoms with Gasteiger partial charge in [-0.3, -0.25) is 4.98 Å². The van der Waals surface area contributed by atoms with E-state index < -0.39 is 5.97 Å². The molecule has 2 aromatic heterocycles. The Kier molecular flexibility index (Phi) is 3.42. The molecule has 0 aliphatic carbocycles. The third-order valence-electron chi connectivity index (χ3n) is 3.18. The molecule has 0 aliphatic heterocycles. The van der Waals surface area contributed by atoms with Gasteiger partial charge in [-0.05, 0) is 38.1 Å². The number of anilines is 2. The minimum atomic E-state index is -0.991. The monoisotopic (exact) mass is 294 g/mol. The van der Waals surface area contributed by atoms with Crippen molar-refractivity contribution in [1.82, 2.24) is 15.0 Å². The van der Waals surface area contributed by atoms with Crippen molar-refractivity contribution in [2.75, 3.05) is 5.32 Å². The summed E-state index contributed by atoms with van der Waals surface area (Å²) >= 11 is 0. The second-order valence-corrected chi connectivity index (χ2v) is 5.00. The number of fused-ring (bicyclic) bond motifs is 1. The van der Waals surface area contributed by atoms with Crippen LogP contribution >= 0.6 is 0 Å². The van der Waals surface area contributed by atoms with Crippen LogP contribution in [0.25, 0.3) is 10.9 Å². The highest BCUT2D eigenvalue weighted by atomic mass is 16.4. The number of aryl methyl sites for hydroxylation is 2. The number of benzene rings is 1. The number of nitrogens with one attached hydrogen (secondary N) is 1. The van der Waals surface area contributed by atoms with E-state index in [0.717, 1.165) is 16.8 Å². The van der Waals surface area contributed by atoms with Crippen LogP contribution in [0.1, 0.15) is 21.7 Å². The summed E-state index contributed by atoms with van der Waals surface area (Å²) in [5.41, 5.74) is 3.10. The molecule has 3 rings (SSSR count). The molecule has 110 valence electrons. The number of nitrogens with zero attached hydrogens (tertiary/aromatic N) is 3. The van der Waals surface area contributed by atoms with Crippen molar-refractivity contribution in [3.63, 3.8) is 0 Å². The second-order valence-electron chi connectivity index (χ2n) is 5.00. The van der Waals surface area contributed by atoms with Gasteiger partial charge in [0.25, 0.3) is 0 Å². The van der Waals surface area contributed by atoms with Crippen molar-refractivity contribution < 1.29 is 9.90 Å². The fourth-order valence-corrected chi connectivity index (χ4v) is 2.31. The smallest absolute Gasteiger partial charge is 0.335 e. The highest BCUT2D eigenvalue weighted by molar-refractivity contribution is 5.99. The molecule has 0 atom stereocenters. The number of aromatic nitrogens is 3. The minimum absolute atomic E-state index is 0.187. The largest absolute Gasteiger partial charge is 0.478 e. The zero-order valence-electron chi connectivity index (χ0n) is 12.2. The molecule has 0 saturated carbocycles. The number of pyridine rings is 1. The molecule has 0 spiro atoms. The van der Waals surface area contributed by atoms with E-state index in [1.165, 1.54) is 0 Å². The van der Waals surface area contributed by atoms with Gasteiger partial charge in [0.05, 0.1) is 16.8 Å². The molecule has 6 nitrogen and oxygen atoms in total. The summed E-state index contributed by atoms with van der Waals surface area (Å²) in [6.45, 7) is 3.76. The maximum atomic E-state index is 11.3. The molecular formula is C16H14N4O2. The van der Waals surface area contributed by atoms with Crippen LogP contribution in [0.15, 0.2) is 36.5 Å². The van der Waals surface area contributed by atoms with Gasteiger partial charge in [-0.25, -0.2) is 14.8 Å². The number of carbonyl (C=O) groups is 1. The molecule has 0 saturated heterocycles. The summed E-state index contributed by atoms with van der Waals surface area (Å²) in [5, 5.41) is 13.1. The number of carboxylic acids is 1. The Morgan fingerprint density at radius 1 is 1.14 bits per heavy atom. The molecule has 1 aromatic carbocycles. The van der Waals surface area contributed by atoms with E-state index in [9.17, 15) is 9.90 Å². The van der Waals surface area contributed by atoms with Gasteiger partial charge < -0.3 is 10.4 Å². The third-order valence-corrected chi connectivity index (χ3v) is 3.18. The average Bonchev–Trinajstić information content (AvgIpc) is 2.46. The lowest BCUT2D eigenvalue weighted by Gasteiger charge is -2.10. The first-order valence-electron chi connectivity index (χ1n) is 6.74. The van der Waals surface area contributed by atoms with Gasteiger partial charge in [-0.15, -0.1) is 0 Å². The van der Waals surface area contributed by atoms with Crippen LogP contribution in [-0.2, 0) is 0 Å². The molecule has 0 fully saturated rings. The Balaban J connectivity index is 2.14. The van der Waals surface area contributed by atoms with Crippen molar-refractivity contribution in [3.05, 3.63) is 53.5 Å². The normalized spacial score (nSPS) is 10.6. The Hall–Kier alpha value is -3.02. The number of hydrogen-bond donors (Lipinski definition) is 2. The van der Waals surface area contributed by atoms with Crippen LogP contribution in [-0.4, -0.2) is 26.0 Å². The first-order chi connectivity index (χ1) is 10.5. The Bertz CT molecular complexity index is 857. The average molecular weight is 294 g/mol. The van der Waals surface area contributed by atoms with E-state index in [1.807, 2.05) is 26.0 Å². The van der Waals surface area contributed by atoms with Crippen molar-refractivity contribution in [2.45, 2.75) is 13.8 Å². The molecule has 2 heterocycles. The molecule has 0 bridgehead atoms. The SMILES string of the molecule is Cc1cc(C)nc(Nc2cc(C(=O)O)cc3cccnc23)n1. The standard InChI is InChI=1S/C16H14N4O2/c1-9-6-10(2)19-16(18-9)20-13-8-12(15(21)22)7-11-4-3-5-17-14(11)13/h3-8H,1-2H3,(H,21,22)(H,18,19,20). The fourth-order valence-electron chi connectivity index (χ4n) is 2.31. The van der Waals surface area contributed by atoms with Gasteiger partial charge in [0.15, 0.2) is 0 Å². The van der Waals surface area contributed by atoms with E-state index in [0.29, 0.717) is 17.2 Å². The zero-order chi connectivity index (χ0) is 15.7. The van der Waals surface area contributed by atoms with Gasteiger partial charge in [-0.2, -0.15) is 0 Å². The van der Waals surface area contributed by atoms with E-state index >= 15 is 0 Å². The number of carboxylic acid groups (broad SMARTS) is 1. The van der Waals surface area contributed by atoms with Gasteiger partial charge in [0, 0.05) is 23.0 Å². The van der Waals surface area contributed by atoms with Crippen LogP contribution in [0, 0.1) is 13.8 Å². The van der Waals surface area contributed by atoms with Gasteiger partial charge >= 0.3 is 5.97 Å². The maximum Gasteiger partial charge on any atom is 0.335 e. The zero-order valence-corrected chi connectivity index (χ0v) is 12.2. The van der Waals surface area contributed by atoms with E-state index in [4.69, 9.17) is 0 Å². The van der Waals surface area contributed by atoms with Crippen LogP contribution in [0.2, 0.25) is 0 Å². The Morgan fingerprint density at radius 2 is 1.86 bits per heavy atom. The highest BCUT2D eigenvalue weighted by Crippen LogP contribution is 2.25. The van der Waals surface area contributed by atoms with E-state index in [-0.39, 0.29) is 5.56 Å². The van der Waals surface area contributed by atoms with Crippen molar-refractivity contribution in [3.8, 4) is 0 Å². The van der Waals surface area contributed by atoms with Crippen molar-refractivity contribution >= 4 is 28.5 Å². The van der Waals surface area contributed by atoms with Crippen molar-refractivity contribution in [2.24, 2.45) is 0 Å². The number of hydrogen-bond acceptors (Lipinski definition) is 5. The van der Waals surface area contributed by atoms with E-state index in [2.05, 4.69) is 20.3 Å². The van der Waals surface area contributed by atoms with Crippen LogP contribution < -0.4 is 5.32 Å². The first-order valence-corrected chi connectivity index (χ1v) is 6.74. The quantitative estimate of drug-likeness (QED) is 0.771. The lowest BCUT2D eigenvalue weighted by Crippen LogP contribution is -2.03. The molecular weight excluding hydrogens is 280 g/mol. The Labute approximate surface area is 126 Å². The van der Waals surface area contributed by atoms with E-state index in [1.54, 1.807) is 24.4 Å². The topological polar surface area (TPSA) is 88.0 Å². The highest BCUT2D eigenvalue weighted by Gasteiger charge is 2.11. The Morgan fingerprint density at radius 3 is 2.55 bits per heavy atom. The fraction of sp³-hybridized carbons (Fsp3) is 0.125. The number of rotatable bonds is 3. The summed E-state index contributed by atoms with van der Waals surface area (Å²) in [7, 11) is 0. The molecule has 6 heteroatoms. The summed E-state index contributed by atoms with van der Waals surface area (Å²) in [4.78, 5) is 24.2. The summed E-state index contributed by atoms with van der Waals surface area (Å²) < 4.78 is 0. The molecule has 3 aromatic rings. The van der Waals surface area contributed by atoms with Crippen molar-refractivity contribution in [1.29, 1.82) is 0 Å². The third kappa shape index (κ3) is 2.71. The minimum Gasteiger partial charge on any atom is -0.478 e. The van der Waals surface area contributed by atoms with Crippen LogP contribution in [0.4, 0.5) is 11.6 Å². The second kappa shape index (κ2) is 5.40. The lowest BCUT2D eigenvalue weighted by molar-refractivity contribution is 0.0697. The summed E-state index contributed by atoms with van der Waals surface area (Å²) in [5.74, 6) is -0.567. The van der Waals surface area contributed by atoms with Gasteiger partial charge in [0.2, 0.25) is 5.95 Å². The molecule has 0 amide bonds. The van der Waals surface area contributed by atoms with Crippen LogP contribution in [0.3, 0.4) is 0 Å². The summed E-state index contributed by atoms with van der Waals surface area (Å²) in [6.07, 6.45) is 1.66. The summed E-state index contributed by atoms with van der Waals surface area (Å²) in [6, 6.07) is 8.60. The van der Waals surface area contributed by atoms with Crippen LogP contribution in [0.5, 0.6) is 0 Å². The molecule has 0 unspecified atom stereocenters. The lowest BCUT2D eigenvalue weighted by atomic mass is 10.1. The van der Waals surface area contributed by atoms with Gasteiger partial charge in [0.1, 0.15) is 0 Å². The molecule has 22 heavy (non-hydrogen) atoms.